The van der Waals surface area contributed by atoms with Crippen molar-refractivity contribution in [2.24, 2.45) is 5.41 Å². The van der Waals surface area contributed by atoms with Crippen molar-refractivity contribution in [2.75, 3.05) is 32.0 Å². The third-order valence-corrected chi connectivity index (χ3v) is 8.18. The first kappa shape index (κ1) is 25.9. The molecule has 2 aliphatic heterocycles. The van der Waals surface area contributed by atoms with E-state index in [1.54, 1.807) is 17.3 Å². The zero-order chi connectivity index (χ0) is 26.7. The summed E-state index contributed by atoms with van der Waals surface area (Å²) in [5.74, 6) is -0.188. The monoisotopic (exact) mass is 542 g/mol. The average Bonchev–Trinajstić information content (AvgIpc) is 3.18. The van der Waals surface area contributed by atoms with Gasteiger partial charge in [-0.25, -0.2) is 14.4 Å². The fourth-order valence-corrected chi connectivity index (χ4v) is 5.83. The molecule has 2 fully saturated rings. The standard InChI is InChI=1S/C26H30ClFN5O3Si/c1-14(2)36-21-16(25(4,37)24-31-15(3)20-22(29)30-7-10-33(20)24)11-17(27)19(28)18(21)23(34)32-8-5-26(6-9-32)12-35-13-26/h7,10-11,14H,5-6,8-9,12-13H2,1-4H3,(H2,29,30)/t25-/m0/s1. The van der Waals surface area contributed by atoms with E-state index in [1.165, 1.54) is 6.07 Å². The number of aryl methyl sites for hydroxylation is 1. The molecule has 3 aromatic rings. The molecule has 8 nitrogen and oxygen atoms in total. The van der Waals surface area contributed by atoms with Gasteiger partial charge in [0.25, 0.3) is 5.91 Å². The minimum Gasteiger partial charge on any atom is -0.490 e. The molecule has 2 aliphatic rings. The largest absolute Gasteiger partial charge is 0.490 e. The number of aromatic nitrogens is 3. The molecular weight excluding hydrogens is 513 g/mol. The van der Waals surface area contributed by atoms with E-state index in [2.05, 4.69) is 15.2 Å². The lowest BCUT2D eigenvalue weighted by Crippen LogP contribution is -2.52. The molecule has 3 radical (unpaired) electrons. The minimum atomic E-state index is -1.03. The van der Waals surface area contributed by atoms with Crippen LogP contribution in [0.15, 0.2) is 18.5 Å². The zero-order valence-electron chi connectivity index (χ0n) is 21.4. The van der Waals surface area contributed by atoms with Crippen molar-refractivity contribution in [3.05, 3.63) is 51.9 Å². The van der Waals surface area contributed by atoms with Crippen LogP contribution in [0.3, 0.4) is 0 Å². The molecule has 1 spiro atoms. The number of nitrogens with zero attached hydrogens (tertiary/aromatic N) is 4. The van der Waals surface area contributed by atoms with Gasteiger partial charge < -0.3 is 20.1 Å². The van der Waals surface area contributed by atoms with Crippen molar-refractivity contribution in [3.63, 3.8) is 0 Å². The number of anilines is 1. The molecule has 2 aromatic heterocycles. The first-order chi connectivity index (χ1) is 17.4. The summed E-state index contributed by atoms with van der Waals surface area (Å²) in [4.78, 5) is 24.4. The number of halogens is 2. The van der Waals surface area contributed by atoms with Crippen LogP contribution in [-0.4, -0.2) is 67.8 Å². The third-order valence-electron chi connectivity index (χ3n) is 7.41. The number of hydrogen-bond donors (Lipinski definition) is 1. The van der Waals surface area contributed by atoms with E-state index in [0.29, 0.717) is 54.7 Å². The molecule has 0 aliphatic carbocycles. The fourth-order valence-electron chi connectivity index (χ4n) is 5.27. The molecule has 195 valence electrons. The van der Waals surface area contributed by atoms with E-state index in [9.17, 15) is 4.79 Å². The van der Waals surface area contributed by atoms with Crippen molar-refractivity contribution >= 4 is 39.1 Å². The zero-order valence-corrected chi connectivity index (χ0v) is 23.2. The Bertz CT molecular complexity index is 1380. The van der Waals surface area contributed by atoms with E-state index >= 15 is 4.39 Å². The Morgan fingerprint density at radius 1 is 1.35 bits per heavy atom. The second kappa shape index (κ2) is 9.25. The highest BCUT2D eigenvalue weighted by Crippen LogP contribution is 2.44. The number of ether oxygens (including phenoxy) is 2. The topological polar surface area (TPSA) is 95.0 Å². The van der Waals surface area contributed by atoms with Gasteiger partial charge in [0.2, 0.25) is 0 Å². The van der Waals surface area contributed by atoms with Gasteiger partial charge in [0.05, 0.1) is 30.0 Å². The Kier molecular flexibility index (Phi) is 6.48. The Balaban J connectivity index is 1.64. The smallest absolute Gasteiger partial charge is 0.260 e. The highest BCUT2D eigenvalue weighted by atomic mass is 35.5. The lowest BCUT2D eigenvalue weighted by atomic mass is 9.76. The number of carbonyl (C=O) groups is 1. The second-order valence-corrected chi connectivity index (χ2v) is 12.0. The predicted molar refractivity (Wildman–Crippen MR) is 140 cm³/mol. The molecule has 37 heavy (non-hydrogen) atoms. The van der Waals surface area contributed by atoms with Crippen molar-refractivity contribution < 1.29 is 18.7 Å². The molecule has 0 saturated carbocycles. The Hall–Kier alpha value is -2.69. The number of nitrogen functional groups attached to an aromatic ring is 1. The quantitative estimate of drug-likeness (QED) is 0.492. The number of nitrogens with two attached hydrogens (primary N) is 1. The number of imidazole rings is 1. The summed E-state index contributed by atoms with van der Waals surface area (Å²) >= 11 is 6.43. The first-order valence-electron chi connectivity index (χ1n) is 12.4. The summed E-state index contributed by atoms with van der Waals surface area (Å²) < 4.78 is 29.1. The molecular formula is C26H30ClFN5O3Si. The molecule has 4 heterocycles. The van der Waals surface area contributed by atoms with E-state index in [1.807, 2.05) is 32.1 Å². The van der Waals surface area contributed by atoms with Crippen LogP contribution in [0.1, 0.15) is 61.1 Å². The van der Waals surface area contributed by atoms with Crippen LogP contribution in [0.4, 0.5) is 10.2 Å². The van der Waals surface area contributed by atoms with Gasteiger partial charge in [0.15, 0.2) is 5.82 Å². The van der Waals surface area contributed by atoms with Crippen LogP contribution in [0, 0.1) is 18.2 Å². The van der Waals surface area contributed by atoms with Crippen molar-refractivity contribution in [1.29, 1.82) is 0 Å². The maximum absolute atomic E-state index is 15.7. The minimum absolute atomic E-state index is 0.135. The Labute approximate surface area is 223 Å². The Morgan fingerprint density at radius 3 is 2.62 bits per heavy atom. The maximum Gasteiger partial charge on any atom is 0.260 e. The molecule has 1 amide bonds. The van der Waals surface area contributed by atoms with Crippen LogP contribution in [0.25, 0.3) is 5.52 Å². The van der Waals surface area contributed by atoms with Gasteiger partial charge in [-0.1, -0.05) is 18.5 Å². The van der Waals surface area contributed by atoms with Gasteiger partial charge in [-0.2, -0.15) is 0 Å². The highest BCUT2D eigenvalue weighted by molar-refractivity contribution is 6.31. The fraction of sp³-hybridized carbons (Fsp3) is 0.500. The third kappa shape index (κ3) is 4.28. The van der Waals surface area contributed by atoms with Crippen molar-refractivity contribution in [3.8, 4) is 5.75 Å². The van der Waals surface area contributed by atoms with Gasteiger partial charge in [-0.3, -0.25) is 9.20 Å². The van der Waals surface area contributed by atoms with Crippen LogP contribution >= 0.6 is 11.6 Å². The average molecular weight is 543 g/mol. The first-order valence-corrected chi connectivity index (χ1v) is 13.2. The lowest BCUT2D eigenvalue weighted by molar-refractivity contribution is -0.136. The van der Waals surface area contributed by atoms with Gasteiger partial charge in [0.1, 0.15) is 28.5 Å². The van der Waals surface area contributed by atoms with Crippen molar-refractivity contribution in [2.45, 2.75) is 51.7 Å². The number of rotatable bonds is 5. The number of fused-ring (bicyclic) bond motifs is 1. The van der Waals surface area contributed by atoms with E-state index in [4.69, 9.17) is 31.8 Å². The van der Waals surface area contributed by atoms with Crippen molar-refractivity contribution in [1.82, 2.24) is 19.3 Å². The normalized spacial score (nSPS) is 18.8. The summed E-state index contributed by atoms with van der Waals surface area (Å²) in [6, 6.07) is 1.50. The Morgan fingerprint density at radius 2 is 2.03 bits per heavy atom. The maximum atomic E-state index is 15.7. The molecule has 1 atom stereocenters. The summed E-state index contributed by atoms with van der Waals surface area (Å²) in [5.41, 5.74) is 7.93. The van der Waals surface area contributed by atoms with Crippen LogP contribution in [-0.2, 0) is 9.78 Å². The number of benzene rings is 1. The number of carbonyl (C=O) groups excluding carboxylic acids is 1. The molecule has 2 saturated heterocycles. The summed E-state index contributed by atoms with van der Waals surface area (Å²) in [6.45, 7) is 9.83. The number of hydrogen-bond acceptors (Lipinski definition) is 6. The SMILES string of the molecule is Cc1nc([C@@](C)([Si])c2cc(Cl)c(F)c(C(=O)N3CCC4(CC3)COC4)c2OC(C)C)n2ccnc(N)c12. The van der Waals surface area contributed by atoms with E-state index < -0.39 is 16.8 Å². The number of likely N-dealkylation sites (tertiary alicyclic amines) is 1. The van der Waals surface area contributed by atoms with Gasteiger partial charge in [-0.15, -0.1) is 0 Å². The van der Waals surface area contributed by atoms with Crippen LogP contribution in [0.2, 0.25) is 5.02 Å². The molecule has 1 aromatic carbocycles. The number of amides is 1. The number of piperidine rings is 1. The van der Waals surface area contributed by atoms with E-state index in [-0.39, 0.29) is 27.9 Å². The molecule has 0 bridgehead atoms. The van der Waals surface area contributed by atoms with Crippen LogP contribution < -0.4 is 10.5 Å². The molecule has 2 N–H and O–H groups in total. The summed E-state index contributed by atoms with van der Waals surface area (Å²) in [7, 11) is 3.89. The van der Waals surface area contributed by atoms with Gasteiger partial charge in [-0.05, 0) is 39.7 Å². The van der Waals surface area contributed by atoms with Crippen LogP contribution in [0.5, 0.6) is 5.75 Å². The van der Waals surface area contributed by atoms with Gasteiger partial charge >= 0.3 is 0 Å². The summed E-state index contributed by atoms with van der Waals surface area (Å²) in [6.07, 6.45) is 4.65. The molecule has 5 rings (SSSR count). The van der Waals surface area contributed by atoms with E-state index in [0.717, 1.165) is 12.8 Å². The summed E-state index contributed by atoms with van der Waals surface area (Å²) in [5, 5.41) is -1.20. The highest BCUT2D eigenvalue weighted by Gasteiger charge is 2.43. The van der Waals surface area contributed by atoms with Gasteiger partial charge in [0, 0.05) is 51.7 Å². The molecule has 11 heteroatoms. The lowest BCUT2D eigenvalue weighted by Gasteiger charge is -2.47. The predicted octanol–water partition coefficient (Wildman–Crippen LogP) is 3.88. The second-order valence-electron chi connectivity index (χ2n) is 10.6. The molecule has 0 unspecified atom stereocenters.